The molecule has 1 amide bonds. The van der Waals surface area contributed by atoms with Gasteiger partial charge in [-0.2, -0.15) is 0 Å². The number of carbonyl (C=O) groups excluding carboxylic acids is 1. The van der Waals surface area contributed by atoms with Crippen molar-refractivity contribution in [2.45, 2.75) is 26.8 Å². The van der Waals surface area contributed by atoms with Crippen LogP contribution in [0.25, 0.3) is 0 Å². The van der Waals surface area contributed by atoms with Crippen LogP contribution in [0.1, 0.15) is 24.6 Å². The zero-order valence-electron chi connectivity index (χ0n) is 14.6. The minimum absolute atomic E-state index is 0.0931. The number of aryl methyl sites for hydroxylation is 1. The maximum Gasteiger partial charge on any atom is 0.227 e. The number of pyridine rings is 2. The Morgan fingerprint density at radius 3 is 2.72 bits per heavy atom. The Bertz CT molecular complexity index is 684. The molecule has 0 spiro atoms. The van der Waals surface area contributed by atoms with Crippen LogP contribution in [0.4, 0.5) is 5.82 Å². The number of rotatable bonds is 7. The molecule has 2 aromatic heterocycles. The maximum atomic E-state index is 12.0. The van der Waals surface area contributed by atoms with Crippen molar-refractivity contribution in [1.82, 2.24) is 20.6 Å². The Kier molecular flexibility index (Phi) is 7.37. The van der Waals surface area contributed by atoms with Crippen LogP contribution in [0.2, 0.25) is 0 Å². The van der Waals surface area contributed by atoms with Crippen LogP contribution in [0.5, 0.6) is 0 Å². The third-order valence-electron chi connectivity index (χ3n) is 3.29. The summed E-state index contributed by atoms with van der Waals surface area (Å²) in [5.41, 5.74) is 1.95. The van der Waals surface area contributed by atoms with Gasteiger partial charge in [0.05, 0.1) is 12.2 Å². The normalized spacial score (nSPS) is 11.0. The Balaban J connectivity index is 1.78. The van der Waals surface area contributed by atoms with E-state index in [1.807, 2.05) is 38.1 Å². The predicted molar refractivity (Wildman–Crippen MR) is 99.3 cm³/mol. The molecular formula is C18H24N6O. The Morgan fingerprint density at radius 1 is 1.16 bits per heavy atom. The van der Waals surface area contributed by atoms with E-state index in [4.69, 9.17) is 0 Å². The summed E-state index contributed by atoms with van der Waals surface area (Å²) in [6.07, 6.45) is 3.79. The van der Waals surface area contributed by atoms with Gasteiger partial charge in [-0.1, -0.05) is 12.1 Å². The van der Waals surface area contributed by atoms with Gasteiger partial charge < -0.3 is 16.0 Å². The number of amides is 1. The van der Waals surface area contributed by atoms with Gasteiger partial charge in [-0.15, -0.1) is 0 Å². The monoisotopic (exact) mass is 340 g/mol. The third-order valence-corrected chi connectivity index (χ3v) is 3.29. The SMILES string of the molecule is CCNC(=NCc1ccccn1)NCCC(=O)Nc1ccc(C)cn1. The van der Waals surface area contributed by atoms with E-state index >= 15 is 0 Å². The zero-order chi connectivity index (χ0) is 17.9. The van der Waals surface area contributed by atoms with Crippen LogP contribution in [-0.4, -0.2) is 34.9 Å². The van der Waals surface area contributed by atoms with Crippen molar-refractivity contribution in [3.8, 4) is 0 Å². The van der Waals surface area contributed by atoms with Gasteiger partial charge in [0.25, 0.3) is 0 Å². The number of carbonyl (C=O) groups is 1. The number of anilines is 1. The van der Waals surface area contributed by atoms with Crippen LogP contribution in [0.3, 0.4) is 0 Å². The first-order valence-corrected chi connectivity index (χ1v) is 8.32. The number of nitrogens with one attached hydrogen (secondary N) is 3. The molecule has 0 unspecified atom stereocenters. The first-order valence-electron chi connectivity index (χ1n) is 8.32. The maximum absolute atomic E-state index is 12.0. The molecule has 0 fully saturated rings. The summed E-state index contributed by atoms with van der Waals surface area (Å²) in [4.78, 5) is 24.8. The standard InChI is InChI=1S/C18H24N6O/c1-3-19-18(23-13-15-6-4-5-10-20-15)21-11-9-17(25)24-16-8-7-14(2)12-22-16/h4-8,10,12H,3,9,11,13H2,1-2H3,(H2,19,21,23)(H,22,24,25). The van der Waals surface area contributed by atoms with Crippen molar-refractivity contribution in [3.63, 3.8) is 0 Å². The summed E-state index contributed by atoms with van der Waals surface area (Å²) in [7, 11) is 0. The zero-order valence-corrected chi connectivity index (χ0v) is 14.6. The fraction of sp³-hybridized carbons (Fsp3) is 0.333. The lowest BCUT2D eigenvalue weighted by Crippen LogP contribution is -2.38. The first kappa shape index (κ1) is 18.4. The van der Waals surface area contributed by atoms with Crippen molar-refractivity contribution < 1.29 is 4.79 Å². The van der Waals surface area contributed by atoms with Crippen molar-refractivity contribution in [2.24, 2.45) is 4.99 Å². The second-order valence-electron chi connectivity index (χ2n) is 5.46. The van der Waals surface area contributed by atoms with Gasteiger partial charge in [0.15, 0.2) is 5.96 Å². The minimum Gasteiger partial charge on any atom is -0.357 e. The molecule has 0 saturated carbocycles. The van der Waals surface area contributed by atoms with E-state index in [0.29, 0.717) is 31.3 Å². The van der Waals surface area contributed by atoms with Crippen LogP contribution < -0.4 is 16.0 Å². The quantitative estimate of drug-likeness (QED) is 0.529. The number of hydrogen-bond donors (Lipinski definition) is 3. The fourth-order valence-electron chi connectivity index (χ4n) is 2.03. The molecule has 0 aliphatic carbocycles. The molecule has 7 heteroatoms. The van der Waals surface area contributed by atoms with Crippen molar-refractivity contribution in [2.75, 3.05) is 18.4 Å². The fourth-order valence-corrected chi connectivity index (χ4v) is 2.03. The second-order valence-corrected chi connectivity index (χ2v) is 5.46. The molecule has 7 nitrogen and oxygen atoms in total. The van der Waals surface area contributed by atoms with E-state index < -0.39 is 0 Å². The minimum atomic E-state index is -0.0931. The highest BCUT2D eigenvalue weighted by atomic mass is 16.1. The Labute approximate surface area is 148 Å². The summed E-state index contributed by atoms with van der Waals surface area (Å²) in [6, 6.07) is 9.43. The van der Waals surface area contributed by atoms with Gasteiger partial charge in [-0.3, -0.25) is 9.78 Å². The largest absolute Gasteiger partial charge is 0.357 e. The van der Waals surface area contributed by atoms with E-state index in [-0.39, 0.29) is 5.91 Å². The van der Waals surface area contributed by atoms with E-state index in [2.05, 4.69) is 30.9 Å². The summed E-state index contributed by atoms with van der Waals surface area (Å²) in [6.45, 7) is 5.65. The highest BCUT2D eigenvalue weighted by Crippen LogP contribution is 2.04. The lowest BCUT2D eigenvalue weighted by Gasteiger charge is -2.11. The van der Waals surface area contributed by atoms with Crippen LogP contribution in [0, 0.1) is 6.92 Å². The van der Waals surface area contributed by atoms with E-state index in [0.717, 1.165) is 17.8 Å². The third kappa shape index (κ3) is 6.99. The van der Waals surface area contributed by atoms with Crippen molar-refractivity contribution >= 4 is 17.7 Å². The number of aromatic nitrogens is 2. The Hall–Kier alpha value is -2.96. The average molecular weight is 340 g/mol. The van der Waals surface area contributed by atoms with Crippen LogP contribution in [-0.2, 0) is 11.3 Å². The average Bonchev–Trinajstić information content (AvgIpc) is 2.62. The molecule has 0 atom stereocenters. The molecule has 3 N–H and O–H groups in total. The van der Waals surface area contributed by atoms with Crippen LogP contribution in [0.15, 0.2) is 47.7 Å². The van der Waals surface area contributed by atoms with Crippen LogP contribution >= 0.6 is 0 Å². The summed E-state index contributed by atoms with van der Waals surface area (Å²) < 4.78 is 0. The number of guanidine groups is 1. The molecule has 25 heavy (non-hydrogen) atoms. The van der Waals surface area contributed by atoms with Crippen molar-refractivity contribution in [1.29, 1.82) is 0 Å². The topological polar surface area (TPSA) is 91.3 Å². The van der Waals surface area contributed by atoms with Gasteiger partial charge in [0.2, 0.25) is 5.91 Å². The number of nitrogens with zero attached hydrogens (tertiary/aromatic N) is 3. The van der Waals surface area contributed by atoms with Gasteiger partial charge in [0, 0.05) is 31.9 Å². The molecule has 2 heterocycles. The highest BCUT2D eigenvalue weighted by molar-refractivity contribution is 5.90. The molecule has 0 bridgehead atoms. The smallest absolute Gasteiger partial charge is 0.227 e. The summed E-state index contributed by atoms with van der Waals surface area (Å²) >= 11 is 0. The van der Waals surface area contributed by atoms with Gasteiger partial charge in [0.1, 0.15) is 5.82 Å². The summed E-state index contributed by atoms with van der Waals surface area (Å²) in [5, 5.41) is 9.07. The molecule has 2 rings (SSSR count). The van der Waals surface area contributed by atoms with E-state index in [9.17, 15) is 4.79 Å². The first-order chi connectivity index (χ1) is 12.2. The van der Waals surface area contributed by atoms with Crippen molar-refractivity contribution in [3.05, 3.63) is 54.0 Å². The van der Waals surface area contributed by atoms with E-state index in [1.165, 1.54) is 0 Å². The second kappa shape index (κ2) is 10.0. The lowest BCUT2D eigenvalue weighted by molar-refractivity contribution is -0.116. The molecule has 0 saturated heterocycles. The van der Waals surface area contributed by atoms with Gasteiger partial charge in [-0.05, 0) is 37.6 Å². The molecule has 2 aromatic rings. The highest BCUT2D eigenvalue weighted by Gasteiger charge is 2.04. The molecule has 0 radical (unpaired) electrons. The molecule has 0 aromatic carbocycles. The molecule has 132 valence electrons. The molecule has 0 aliphatic heterocycles. The number of hydrogen-bond acceptors (Lipinski definition) is 4. The summed E-state index contributed by atoms with van der Waals surface area (Å²) in [5.74, 6) is 1.13. The molecular weight excluding hydrogens is 316 g/mol. The predicted octanol–water partition coefficient (Wildman–Crippen LogP) is 1.87. The molecule has 0 aliphatic rings. The number of aliphatic imine (C=N–C) groups is 1. The van der Waals surface area contributed by atoms with Gasteiger partial charge >= 0.3 is 0 Å². The Morgan fingerprint density at radius 2 is 2.04 bits per heavy atom. The lowest BCUT2D eigenvalue weighted by atomic mass is 10.3. The van der Waals surface area contributed by atoms with E-state index in [1.54, 1.807) is 18.5 Å². The van der Waals surface area contributed by atoms with Gasteiger partial charge in [-0.25, -0.2) is 9.98 Å².